The van der Waals surface area contributed by atoms with Crippen LogP contribution in [0.4, 0.5) is 13.2 Å². The zero-order chi connectivity index (χ0) is 20.9. The number of H-pyrrole nitrogens is 1. The Morgan fingerprint density at radius 3 is 2.53 bits per heavy atom. The standard InChI is InChI=1S/C22H17F3N4O/c23-22(24,25)20-16(12-26-29(20)14-6-2-1-3-7-14)21(30)28-11-10-19-17(13-28)15-8-4-5-9-18(15)27-19/h1-9,12,27H,10-11,13H2. The normalized spacial score (nSPS) is 14.2. The Balaban J connectivity index is 1.54. The third-order valence-electron chi connectivity index (χ3n) is 5.44. The zero-order valence-corrected chi connectivity index (χ0v) is 15.8. The van der Waals surface area contributed by atoms with Gasteiger partial charge in [0.15, 0.2) is 5.69 Å². The topological polar surface area (TPSA) is 53.9 Å². The highest BCUT2D eigenvalue weighted by molar-refractivity contribution is 5.96. The number of hydrogen-bond donors (Lipinski definition) is 1. The van der Waals surface area contributed by atoms with Crippen molar-refractivity contribution in [3.05, 3.63) is 83.3 Å². The molecule has 5 nitrogen and oxygen atoms in total. The molecule has 30 heavy (non-hydrogen) atoms. The summed E-state index contributed by atoms with van der Waals surface area (Å²) in [6.45, 7) is 0.596. The fraction of sp³-hybridized carbons (Fsp3) is 0.182. The number of halogens is 3. The number of nitrogens with one attached hydrogen (secondary N) is 1. The van der Waals surface area contributed by atoms with Gasteiger partial charge in [0, 0.05) is 41.7 Å². The summed E-state index contributed by atoms with van der Waals surface area (Å²) in [7, 11) is 0. The third kappa shape index (κ3) is 2.96. The van der Waals surface area contributed by atoms with Gasteiger partial charge in [-0.1, -0.05) is 36.4 Å². The van der Waals surface area contributed by atoms with E-state index in [0.717, 1.165) is 33.0 Å². The van der Waals surface area contributed by atoms with Gasteiger partial charge in [0.25, 0.3) is 5.91 Å². The molecule has 1 aliphatic heterocycles. The molecule has 2 aromatic carbocycles. The van der Waals surface area contributed by atoms with Crippen molar-refractivity contribution in [2.24, 2.45) is 0 Å². The lowest BCUT2D eigenvalue weighted by molar-refractivity contribution is -0.143. The molecule has 0 spiro atoms. The van der Waals surface area contributed by atoms with Gasteiger partial charge in [-0.3, -0.25) is 4.79 Å². The number of para-hydroxylation sites is 2. The molecule has 1 N–H and O–H groups in total. The number of rotatable bonds is 2. The van der Waals surface area contributed by atoms with Crippen molar-refractivity contribution in [3.8, 4) is 5.69 Å². The maximum atomic E-state index is 13.9. The van der Waals surface area contributed by atoms with Crippen LogP contribution in [-0.4, -0.2) is 32.1 Å². The molecule has 0 saturated heterocycles. The summed E-state index contributed by atoms with van der Waals surface area (Å²) >= 11 is 0. The van der Waals surface area contributed by atoms with Crippen LogP contribution >= 0.6 is 0 Å². The Morgan fingerprint density at radius 1 is 1.03 bits per heavy atom. The first-order chi connectivity index (χ1) is 14.4. The number of alkyl halides is 3. The van der Waals surface area contributed by atoms with Crippen LogP contribution < -0.4 is 0 Å². The average Bonchev–Trinajstić information content (AvgIpc) is 3.35. The van der Waals surface area contributed by atoms with Crippen LogP contribution in [0.1, 0.15) is 27.3 Å². The molecule has 0 bridgehead atoms. The van der Waals surface area contributed by atoms with Crippen LogP contribution in [-0.2, 0) is 19.1 Å². The van der Waals surface area contributed by atoms with E-state index in [0.29, 0.717) is 13.0 Å². The highest BCUT2D eigenvalue weighted by Gasteiger charge is 2.41. The van der Waals surface area contributed by atoms with Crippen LogP contribution in [0.5, 0.6) is 0 Å². The van der Waals surface area contributed by atoms with Crippen LogP contribution in [0.3, 0.4) is 0 Å². The summed E-state index contributed by atoms with van der Waals surface area (Å²) in [6, 6.07) is 15.7. The van der Waals surface area contributed by atoms with Crippen molar-refractivity contribution in [1.29, 1.82) is 0 Å². The number of amides is 1. The molecule has 5 rings (SSSR count). The maximum Gasteiger partial charge on any atom is 0.434 e. The van der Waals surface area contributed by atoms with Gasteiger partial charge in [-0.15, -0.1) is 0 Å². The summed E-state index contributed by atoms with van der Waals surface area (Å²) in [4.78, 5) is 17.9. The molecule has 0 atom stereocenters. The van der Waals surface area contributed by atoms with E-state index in [1.165, 1.54) is 17.0 Å². The zero-order valence-electron chi connectivity index (χ0n) is 15.8. The average molecular weight is 410 g/mol. The van der Waals surface area contributed by atoms with E-state index in [2.05, 4.69) is 10.1 Å². The summed E-state index contributed by atoms with van der Waals surface area (Å²) in [5.41, 5.74) is 1.70. The molecule has 0 saturated carbocycles. The van der Waals surface area contributed by atoms with Gasteiger partial charge >= 0.3 is 6.18 Å². The first-order valence-corrected chi connectivity index (χ1v) is 9.52. The molecular weight excluding hydrogens is 393 g/mol. The van der Waals surface area contributed by atoms with Crippen molar-refractivity contribution < 1.29 is 18.0 Å². The fourth-order valence-corrected chi connectivity index (χ4v) is 4.05. The van der Waals surface area contributed by atoms with E-state index in [1.807, 2.05) is 24.3 Å². The van der Waals surface area contributed by atoms with Crippen molar-refractivity contribution in [3.63, 3.8) is 0 Å². The summed E-state index contributed by atoms with van der Waals surface area (Å²) < 4.78 is 42.5. The number of carbonyl (C=O) groups excluding carboxylic acids is 1. The van der Waals surface area contributed by atoms with E-state index in [4.69, 9.17) is 0 Å². The largest absolute Gasteiger partial charge is 0.434 e. The monoisotopic (exact) mass is 410 g/mol. The number of fused-ring (bicyclic) bond motifs is 3. The van der Waals surface area contributed by atoms with Gasteiger partial charge in [-0.2, -0.15) is 18.3 Å². The molecular formula is C22H17F3N4O. The molecule has 152 valence electrons. The van der Waals surface area contributed by atoms with Gasteiger partial charge in [-0.25, -0.2) is 4.68 Å². The lowest BCUT2D eigenvalue weighted by Crippen LogP contribution is -2.36. The minimum Gasteiger partial charge on any atom is -0.358 e. The Kier molecular flexibility index (Phi) is 4.16. The lowest BCUT2D eigenvalue weighted by Gasteiger charge is -2.27. The van der Waals surface area contributed by atoms with E-state index in [1.54, 1.807) is 18.2 Å². The highest BCUT2D eigenvalue weighted by atomic mass is 19.4. The molecule has 4 aromatic rings. The van der Waals surface area contributed by atoms with Crippen molar-refractivity contribution in [2.45, 2.75) is 19.1 Å². The summed E-state index contributed by atoms with van der Waals surface area (Å²) in [5.74, 6) is -0.666. The smallest absolute Gasteiger partial charge is 0.358 e. The van der Waals surface area contributed by atoms with E-state index < -0.39 is 23.3 Å². The second-order valence-corrected chi connectivity index (χ2v) is 7.26. The number of aromatic amines is 1. The van der Waals surface area contributed by atoms with Gasteiger partial charge < -0.3 is 9.88 Å². The third-order valence-corrected chi connectivity index (χ3v) is 5.44. The number of hydrogen-bond acceptors (Lipinski definition) is 2. The molecule has 0 aliphatic carbocycles. The number of nitrogens with zero attached hydrogens (tertiary/aromatic N) is 3. The van der Waals surface area contributed by atoms with Crippen molar-refractivity contribution >= 4 is 16.8 Å². The lowest BCUT2D eigenvalue weighted by atomic mass is 10.0. The number of carbonyl (C=O) groups is 1. The first kappa shape index (κ1) is 18.5. The highest BCUT2D eigenvalue weighted by Crippen LogP contribution is 2.35. The van der Waals surface area contributed by atoms with Gasteiger partial charge in [0.2, 0.25) is 0 Å². The minimum atomic E-state index is -4.72. The summed E-state index contributed by atoms with van der Waals surface area (Å²) in [5, 5.41) is 4.88. The molecule has 2 aromatic heterocycles. The van der Waals surface area contributed by atoms with Crippen molar-refractivity contribution in [2.75, 3.05) is 6.54 Å². The maximum absolute atomic E-state index is 13.9. The minimum absolute atomic E-state index is 0.251. The quantitative estimate of drug-likeness (QED) is 0.526. The molecule has 0 fully saturated rings. The number of aromatic nitrogens is 3. The Hall–Kier alpha value is -3.55. The second-order valence-electron chi connectivity index (χ2n) is 7.26. The van der Waals surface area contributed by atoms with Gasteiger partial charge in [0.1, 0.15) is 0 Å². The molecule has 1 aliphatic rings. The molecule has 3 heterocycles. The van der Waals surface area contributed by atoms with Crippen LogP contribution in [0.25, 0.3) is 16.6 Å². The fourth-order valence-electron chi connectivity index (χ4n) is 4.05. The van der Waals surface area contributed by atoms with Gasteiger partial charge in [-0.05, 0) is 18.2 Å². The van der Waals surface area contributed by atoms with Crippen molar-refractivity contribution in [1.82, 2.24) is 19.7 Å². The first-order valence-electron chi connectivity index (χ1n) is 9.52. The number of benzene rings is 2. The van der Waals surface area contributed by atoms with Crippen LogP contribution in [0, 0.1) is 0 Å². The molecule has 1 amide bonds. The summed E-state index contributed by atoms with van der Waals surface area (Å²) in [6.07, 6.45) is -3.15. The second kappa shape index (κ2) is 6.76. The van der Waals surface area contributed by atoms with Crippen LogP contribution in [0.15, 0.2) is 60.8 Å². The predicted octanol–water partition coefficient (Wildman–Crippen LogP) is 4.57. The van der Waals surface area contributed by atoms with E-state index in [9.17, 15) is 18.0 Å². The Labute approximate surface area is 169 Å². The Morgan fingerprint density at radius 2 is 1.77 bits per heavy atom. The molecule has 0 radical (unpaired) electrons. The SMILES string of the molecule is O=C(c1cnn(-c2ccccc2)c1C(F)(F)F)N1CCc2[nH]c3ccccc3c2C1. The van der Waals surface area contributed by atoms with E-state index >= 15 is 0 Å². The molecule has 0 unspecified atom stereocenters. The van der Waals surface area contributed by atoms with Crippen LogP contribution in [0.2, 0.25) is 0 Å². The Bertz CT molecular complexity index is 1240. The van der Waals surface area contributed by atoms with E-state index in [-0.39, 0.29) is 12.2 Å². The predicted molar refractivity (Wildman–Crippen MR) is 105 cm³/mol. The molecule has 8 heteroatoms. The van der Waals surface area contributed by atoms with Gasteiger partial charge in [0.05, 0.1) is 17.4 Å².